The molecule has 2 N–H and O–H groups in total. The van der Waals surface area contributed by atoms with Gasteiger partial charge in [0.25, 0.3) is 0 Å². The predicted molar refractivity (Wildman–Crippen MR) is 104 cm³/mol. The zero-order chi connectivity index (χ0) is 18.6. The van der Waals surface area contributed by atoms with Gasteiger partial charge < -0.3 is 14.9 Å². The maximum Gasteiger partial charge on any atom is 0.305 e. The average molecular weight is 357 g/mol. The number of aliphatic hydroxyl groups excluding tert-OH is 2. The van der Waals surface area contributed by atoms with Crippen LogP contribution in [0.4, 0.5) is 0 Å². The van der Waals surface area contributed by atoms with E-state index in [1.54, 1.807) is 0 Å². The molecule has 0 aromatic carbocycles. The van der Waals surface area contributed by atoms with Crippen LogP contribution >= 0.6 is 0 Å². The van der Waals surface area contributed by atoms with Crippen molar-refractivity contribution in [3.05, 3.63) is 12.2 Å². The van der Waals surface area contributed by atoms with E-state index in [0.717, 1.165) is 25.7 Å². The first-order valence-corrected chi connectivity index (χ1v) is 10.3. The largest absolute Gasteiger partial charge is 0.463 e. The molecule has 0 bridgehead atoms. The van der Waals surface area contributed by atoms with Crippen molar-refractivity contribution in [3.63, 3.8) is 0 Å². The molecule has 25 heavy (non-hydrogen) atoms. The highest BCUT2D eigenvalue weighted by Crippen LogP contribution is 2.10. The van der Waals surface area contributed by atoms with Crippen molar-refractivity contribution in [1.82, 2.24) is 0 Å². The molecule has 0 heterocycles. The third kappa shape index (κ3) is 19.3. The molecule has 4 nitrogen and oxygen atoms in total. The maximum atomic E-state index is 11.4. The van der Waals surface area contributed by atoms with Crippen LogP contribution in [0.3, 0.4) is 0 Å². The normalized spacial score (nSPS) is 12.6. The number of unbranched alkanes of at least 4 members (excludes halogenated alkanes) is 11. The van der Waals surface area contributed by atoms with Gasteiger partial charge in [-0.1, -0.05) is 70.4 Å². The summed E-state index contributed by atoms with van der Waals surface area (Å²) in [5, 5.41) is 17.7. The Morgan fingerprint density at radius 1 is 0.880 bits per heavy atom. The van der Waals surface area contributed by atoms with Crippen LogP contribution in [0.25, 0.3) is 0 Å². The fourth-order valence-electron chi connectivity index (χ4n) is 2.65. The van der Waals surface area contributed by atoms with Gasteiger partial charge in [-0.25, -0.2) is 0 Å². The Kier molecular flexibility index (Phi) is 18.8. The Labute approximate surface area is 154 Å². The third-order valence-corrected chi connectivity index (χ3v) is 4.29. The second-order valence-electron chi connectivity index (χ2n) is 6.85. The van der Waals surface area contributed by atoms with Crippen LogP contribution in [0.1, 0.15) is 96.8 Å². The van der Waals surface area contributed by atoms with E-state index in [4.69, 9.17) is 14.9 Å². The minimum absolute atomic E-state index is 0.112. The van der Waals surface area contributed by atoms with Crippen molar-refractivity contribution in [3.8, 4) is 0 Å². The molecule has 0 fully saturated rings. The lowest BCUT2D eigenvalue weighted by atomic mass is 10.1. The Bertz CT molecular complexity index is 315. The Hall–Kier alpha value is -0.870. The predicted octanol–water partition coefficient (Wildman–Crippen LogP) is 4.92. The van der Waals surface area contributed by atoms with Crippen LogP contribution in [0.5, 0.6) is 0 Å². The smallest absolute Gasteiger partial charge is 0.305 e. The highest BCUT2D eigenvalue weighted by molar-refractivity contribution is 5.69. The van der Waals surface area contributed by atoms with Crippen molar-refractivity contribution < 1.29 is 19.7 Å². The Morgan fingerprint density at radius 3 is 1.96 bits per heavy atom. The lowest BCUT2D eigenvalue weighted by Gasteiger charge is -2.08. The minimum atomic E-state index is -0.961. The number of carbonyl (C=O) groups is 1. The van der Waals surface area contributed by atoms with Gasteiger partial charge in [0.2, 0.25) is 0 Å². The number of ether oxygens (including phenoxy) is 1. The molecule has 0 aliphatic rings. The maximum absolute atomic E-state index is 11.4. The summed E-state index contributed by atoms with van der Waals surface area (Å²) in [5.74, 6) is -0.290. The van der Waals surface area contributed by atoms with Gasteiger partial charge in [-0.15, -0.1) is 0 Å². The average Bonchev–Trinajstić information content (AvgIpc) is 2.62. The van der Waals surface area contributed by atoms with Crippen molar-refractivity contribution >= 4 is 5.97 Å². The zero-order valence-corrected chi connectivity index (χ0v) is 16.3. The summed E-state index contributed by atoms with van der Waals surface area (Å²) in [6.45, 7) is 1.77. The van der Waals surface area contributed by atoms with Crippen LogP contribution < -0.4 is 0 Å². The topological polar surface area (TPSA) is 66.8 Å². The highest BCUT2D eigenvalue weighted by atomic mass is 16.5. The lowest BCUT2D eigenvalue weighted by molar-refractivity contribution is -0.147. The second kappa shape index (κ2) is 19.5. The third-order valence-electron chi connectivity index (χ3n) is 4.29. The van der Waals surface area contributed by atoms with Gasteiger partial charge in [-0.2, -0.15) is 0 Å². The van der Waals surface area contributed by atoms with E-state index < -0.39 is 6.10 Å². The fraction of sp³-hybridized carbons (Fsp3) is 0.857. The number of hydrogen-bond acceptors (Lipinski definition) is 4. The first kappa shape index (κ1) is 24.1. The highest BCUT2D eigenvalue weighted by Gasteiger charge is 2.07. The molecule has 0 aliphatic carbocycles. The molecular formula is C21H40O4. The quantitative estimate of drug-likeness (QED) is 0.208. The molecule has 1 atom stereocenters. The summed E-state index contributed by atoms with van der Waals surface area (Å²) in [4.78, 5) is 11.4. The van der Waals surface area contributed by atoms with E-state index in [2.05, 4.69) is 19.1 Å². The molecular weight excluding hydrogens is 316 g/mol. The molecule has 4 heteroatoms. The van der Waals surface area contributed by atoms with Crippen LogP contribution in [-0.2, 0) is 9.53 Å². The zero-order valence-electron chi connectivity index (χ0n) is 16.3. The first-order valence-electron chi connectivity index (χ1n) is 10.3. The van der Waals surface area contributed by atoms with Gasteiger partial charge in [0.15, 0.2) is 0 Å². The summed E-state index contributed by atoms with van der Waals surface area (Å²) in [6, 6.07) is 0. The van der Waals surface area contributed by atoms with E-state index in [-0.39, 0.29) is 19.2 Å². The van der Waals surface area contributed by atoms with Crippen molar-refractivity contribution in [2.24, 2.45) is 0 Å². The fourth-order valence-corrected chi connectivity index (χ4v) is 2.65. The number of allylic oxidation sites excluding steroid dienone is 2. The van der Waals surface area contributed by atoms with Gasteiger partial charge in [0.1, 0.15) is 12.7 Å². The molecule has 0 amide bonds. The van der Waals surface area contributed by atoms with E-state index in [0.29, 0.717) is 6.42 Å². The van der Waals surface area contributed by atoms with Crippen LogP contribution in [-0.4, -0.2) is 35.5 Å². The molecule has 0 unspecified atom stereocenters. The van der Waals surface area contributed by atoms with E-state index in [1.165, 1.54) is 57.8 Å². The molecule has 0 saturated heterocycles. The summed E-state index contributed by atoms with van der Waals surface area (Å²) < 4.78 is 4.85. The van der Waals surface area contributed by atoms with Gasteiger partial charge in [-0.05, 0) is 32.1 Å². The number of hydrogen-bond donors (Lipinski definition) is 2. The van der Waals surface area contributed by atoms with E-state index in [1.807, 2.05) is 0 Å². The number of aliphatic hydroxyl groups is 2. The van der Waals surface area contributed by atoms with E-state index in [9.17, 15) is 4.79 Å². The SMILES string of the molecule is CCCCCCCCCC=CCCCCCCC(=O)OC[C@H](O)CO. The minimum Gasteiger partial charge on any atom is -0.463 e. The standard InChI is InChI=1S/C21H40O4/c1-2-3-4-5-6-7-8-9-10-11-12-13-14-15-16-17-21(24)25-19-20(23)18-22/h10-11,20,22-23H,2-9,12-19H2,1H3/t20-/m1/s1. The van der Waals surface area contributed by atoms with E-state index >= 15 is 0 Å². The molecule has 0 rings (SSSR count). The summed E-state index contributed by atoms with van der Waals surface area (Å²) in [7, 11) is 0. The van der Waals surface area contributed by atoms with Crippen LogP contribution in [0, 0.1) is 0 Å². The van der Waals surface area contributed by atoms with Crippen molar-refractivity contribution in [2.45, 2.75) is 103 Å². The first-order chi connectivity index (χ1) is 12.2. The van der Waals surface area contributed by atoms with Crippen molar-refractivity contribution in [2.75, 3.05) is 13.2 Å². The van der Waals surface area contributed by atoms with Crippen molar-refractivity contribution in [1.29, 1.82) is 0 Å². The summed E-state index contributed by atoms with van der Waals surface area (Å²) >= 11 is 0. The molecule has 0 saturated carbocycles. The Balaban J connectivity index is 3.23. The summed E-state index contributed by atoms with van der Waals surface area (Å²) in [5.41, 5.74) is 0. The lowest BCUT2D eigenvalue weighted by Crippen LogP contribution is -2.21. The molecule has 148 valence electrons. The van der Waals surface area contributed by atoms with Crippen LogP contribution in [0.15, 0.2) is 12.2 Å². The van der Waals surface area contributed by atoms with Gasteiger partial charge in [0, 0.05) is 6.42 Å². The molecule has 0 radical (unpaired) electrons. The Morgan fingerprint density at radius 2 is 1.40 bits per heavy atom. The van der Waals surface area contributed by atoms with Gasteiger partial charge >= 0.3 is 5.97 Å². The number of esters is 1. The molecule has 0 spiro atoms. The molecule has 0 aromatic rings. The monoisotopic (exact) mass is 356 g/mol. The molecule has 0 aliphatic heterocycles. The number of carbonyl (C=O) groups excluding carboxylic acids is 1. The van der Waals surface area contributed by atoms with Crippen LogP contribution in [0.2, 0.25) is 0 Å². The van der Waals surface area contributed by atoms with Gasteiger partial charge in [0.05, 0.1) is 6.61 Å². The summed E-state index contributed by atoms with van der Waals surface area (Å²) in [6.07, 6.45) is 20.1. The number of rotatable bonds is 18. The molecule has 0 aromatic heterocycles. The second-order valence-corrected chi connectivity index (χ2v) is 6.85. The van der Waals surface area contributed by atoms with Gasteiger partial charge in [-0.3, -0.25) is 4.79 Å².